The molecule has 1 aliphatic rings. The number of alkyl halides is 6. The molecule has 3 aromatic carbocycles. The highest BCUT2D eigenvalue weighted by Crippen LogP contribution is 2.66. The highest BCUT2D eigenvalue weighted by atomic mass is 32.1. The topological polar surface area (TPSA) is 57.5 Å². The van der Waals surface area contributed by atoms with E-state index in [-0.39, 0.29) is 32.2 Å². The van der Waals surface area contributed by atoms with Gasteiger partial charge in [0.2, 0.25) is 5.13 Å². The molecule has 1 aliphatic carbocycles. The third-order valence-electron chi connectivity index (χ3n) is 8.07. The Morgan fingerprint density at radius 2 is 1.29 bits per heavy atom. The van der Waals surface area contributed by atoms with Gasteiger partial charge in [-0.1, -0.05) is 53.8 Å². The fraction of sp³-hybridized carbons (Fsp3) is 0.143. The second-order valence-corrected chi connectivity index (χ2v) is 14.7. The van der Waals surface area contributed by atoms with E-state index in [0.29, 0.717) is 26.0 Å². The second-order valence-electron chi connectivity index (χ2n) is 11.1. The smallest absolute Gasteiger partial charge is 0.380 e. The zero-order valence-corrected chi connectivity index (χ0v) is 27.4. The van der Waals surface area contributed by atoms with Gasteiger partial charge in [0.1, 0.15) is 5.75 Å². The van der Waals surface area contributed by atoms with Crippen molar-refractivity contribution in [2.75, 3.05) is 5.43 Å². The van der Waals surface area contributed by atoms with Crippen LogP contribution in [0.2, 0.25) is 0 Å². The van der Waals surface area contributed by atoms with Gasteiger partial charge in [-0.25, -0.2) is 4.98 Å². The van der Waals surface area contributed by atoms with Crippen LogP contribution in [0.25, 0.3) is 42.2 Å². The number of hydrogen-bond acceptors (Lipinski definition) is 7. The highest BCUT2D eigenvalue weighted by Gasteiger charge is 2.80. The predicted octanol–water partition coefficient (Wildman–Crippen LogP) is 11.4. The fourth-order valence-corrected chi connectivity index (χ4v) is 8.54. The number of hydrogen-bond donors (Lipinski definition) is 2. The van der Waals surface area contributed by atoms with Crippen LogP contribution in [0.15, 0.2) is 90.0 Å². The lowest BCUT2D eigenvalue weighted by Gasteiger charge is -2.25. The minimum atomic E-state index is -5.67. The first-order valence-electron chi connectivity index (χ1n) is 14.4. The number of thiazole rings is 1. The van der Waals surface area contributed by atoms with Gasteiger partial charge in [-0.15, -0.1) is 22.7 Å². The Morgan fingerprint density at radius 1 is 0.708 bits per heavy atom. The fourth-order valence-electron chi connectivity index (χ4n) is 5.67. The van der Waals surface area contributed by atoms with Crippen LogP contribution in [0.3, 0.4) is 0 Å². The first-order chi connectivity index (χ1) is 22.8. The van der Waals surface area contributed by atoms with E-state index >= 15 is 26.3 Å². The maximum Gasteiger partial charge on any atom is 0.380 e. The Bertz CT molecular complexity index is 2220. The number of anilines is 1. The number of thiophene rings is 2. The van der Waals surface area contributed by atoms with Crippen LogP contribution < -0.4 is 5.43 Å². The van der Waals surface area contributed by atoms with Gasteiger partial charge in [-0.05, 0) is 78.6 Å². The summed E-state index contributed by atoms with van der Waals surface area (Å²) in [7, 11) is 0. The molecule has 3 aromatic heterocycles. The van der Waals surface area contributed by atoms with Crippen molar-refractivity contribution in [3.63, 3.8) is 0 Å². The Labute approximate surface area is 282 Å². The molecule has 3 heterocycles. The van der Waals surface area contributed by atoms with Crippen molar-refractivity contribution >= 4 is 66.7 Å². The summed E-state index contributed by atoms with van der Waals surface area (Å²) in [6.45, 7) is 2.89. The summed E-state index contributed by atoms with van der Waals surface area (Å²) in [4.78, 5) is 5.63. The molecule has 0 bridgehead atoms. The summed E-state index contributed by atoms with van der Waals surface area (Å²) < 4.78 is 93.8. The van der Waals surface area contributed by atoms with Crippen molar-refractivity contribution in [3.05, 3.63) is 111 Å². The number of rotatable bonds is 7. The number of nitrogens with one attached hydrogen (secondary N) is 1. The average molecular weight is 712 g/mol. The molecule has 48 heavy (non-hydrogen) atoms. The standard InChI is InChI=1S/C35H23F6N3OS3/c1-18-23(15-28(46-18)20-8-4-3-5-9-20)30-31(34(38,39)35(40,41)33(30,36)37)24-16-29(47-19(24)2)21-12-13-26(45)22(14-21)17-42-44-32-43-25-10-6-7-11-27(25)48-32/h3-17,45H,1-2H3,(H,43,44)/b42-17+. The number of benzene rings is 3. The summed E-state index contributed by atoms with van der Waals surface area (Å²) in [5.41, 5.74) is 1.47. The maximum atomic E-state index is 15.7. The Morgan fingerprint density at radius 3 is 1.92 bits per heavy atom. The maximum absolute atomic E-state index is 15.7. The van der Waals surface area contributed by atoms with Gasteiger partial charge in [-0.2, -0.15) is 31.4 Å². The number of hydrazone groups is 1. The van der Waals surface area contributed by atoms with E-state index in [1.54, 1.807) is 30.3 Å². The Balaban J connectivity index is 1.29. The third kappa shape index (κ3) is 5.11. The van der Waals surface area contributed by atoms with Gasteiger partial charge < -0.3 is 5.11 Å². The van der Waals surface area contributed by atoms with Crippen LogP contribution in [0.4, 0.5) is 31.5 Å². The molecular formula is C35H23F6N3OS3. The van der Waals surface area contributed by atoms with Gasteiger partial charge in [0.15, 0.2) is 0 Å². The van der Waals surface area contributed by atoms with Gasteiger partial charge in [0, 0.05) is 36.2 Å². The molecule has 0 unspecified atom stereocenters. The van der Waals surface area contributed by atoms with Gasteiger partial charge in [0.05, 0.1) is 16.4 Å². The molecule has 0 amide bonds. The van der Waals surface area contributed by atoms with Crippen molar-refractivity contribution in [3.8, 4) is 26.6 Å². The number of phenols is 1. The summed E-state index contributed by atoms with van der Waals surface area (Å²) in [6.07, 6.45) is 1.35. The molecule has 0 radical (unpaired) electrons. The number of aromatic nitrogens is 1. The van der Waals surface area contributed by atoms with E-state index in [1.807, 2.05) is 24.3 Å². The molecule has 2 N–H and O–H groups in total. The third-order valence-corrected chi connectivity index (χ3v) is 11.2. The van der Waals surface area contributed by atoms with Crippen LogP contribution in [0.1, 0.15) is 26.4 Å². The first-order valence-corrected chi connectivity index (χ1v) is 16.9. The summed E-state index contributed by atoms with van der Waals surface area (Å²) in [5.74, 6) is -16.1. The van der Waals surface area contributed by atoms with Crippen molar-refractivity contribution < 1.29 is 31.4 Å². The highest BCUT2D eigenvalue weighted by molar-refractivity contribution is 7.22. The van der Waals surface area contributed by atoms with E-state index in [2.05, 4.69) is 15.5 Å². The number of fused-ring (bicyclic) bond motifs is 1. The van der Waals surface area contributed by atoms with Crippen molar-refractivity contribution in [1.82, 2.24) is 4.98 Å². The van der Waals surface area contributed by atoms with Crippen LogP contribution in [0.5, 0.6) is 5.75 Å². The van der Waals surface area contributed by atoms with Crippen LogP contribution in [0, 0.1) is 13.8 Å². The predicted molar refractivity (Wildman–Crippen MR) is 183 cm³/mol. The molecule has 4 nitrogen and oxygen atoms in total. The van der Waals surface area contributed by atoms with E-state index in [0.717, 1.165) is 32.9 Å². The van der Waals surface area contributed by atoms with Gasteiger partial charge in [0.25, 0.3) is 0 Å². The molecule has 0 atom stereocenters. The first kappa shape index (κ1) is 32.1. The molecule has 0 aliphatic heterocycles. The van der Waals surface area contributed by atoms with E-state index in [4.69, 9.17) is 0 Å². The number of nitrogens with zero attached hydrogens (tertiary/aromatic N) is 2. The SMILES string of the molecule is Cc1sc(-c2ccccc2)cc1C1=C(c2cc(-c3ccc(O)c(/C=N/Nc4nc5ccccc5s4)c3)sc2C)C(F)(F)C(F)(F)C1(F)F. The second kappa shape index (κ2) is 11.6. The van der Waals surface area contributed by atoms with E-state index in [1.165, 1.54) is 61.7 Å². The number of allylic oxidation sites excluding steroid dienone is 2. The summed E-state index contributed by atoms with van der Waals surface area (Å²) in [6, 6.07) is 23.2. The van der Waals surface area contributed by atoms with Crippen LogP contribution >= 0.6 is 34.0 Å². The van der Waals surface area contributed by atoms with Crippen molar-refractivity contribution in [2.45, 2.75) is 31.6 Å². The zero-order valence-electron chi connectivity index (χ0n) is 25.0. The van der Waals surface area contributed by atoms with Gasteiger partial charge in [-0.3, -0.25) is 5.43 Å². The van der Waals surface area contributed by atoms with Crippen LogP contribution in [-0.2, 0) is 0 Å². The number of phenolic OH excluding ortho intramolecular Hbond substituents is 1. The molecule has 244 valence electrons. The number of aromatic hydroxyl groups is 1. The average Bonchev–Trinajstić information content (AvgIpc) is 3.78. The zero-order chi connectivity index (χ0) is 34.0. The molecule has 0 saturated carbocycles. The molecule has 13 heteroatoms. The van der Waals surface area contributed by atoms with Crippen molar-refractivity contribution in [2.24, 2.45) is 5.10 Å². The Hall–Kier alpha value is -4.46. The number of aryl methyl sites for hydroxylation is 2. The number of para-hydroxylation sites is 1. The van der Waals surface area contributed by atoms with Gasteiger partial charge >= 0.3 is 17.8 Å². The summed E-state index contributed by atoms with van der Waals surface area (Å²) in [5, 5.41) is 15.2. The molecular weight excluding hydrogens is 689 g/mol. The molecule has 0 saturated heterocycles. The lowest BCUT2D eigenvalue weighted by molar-refractivity contribution is -0.254. The minimum absolute atomic E-state index is 0.129. The molecule has 0 spiro atoms. The lowest BCUT2D eigenvalue weighted by Crippen LogP contribution is -2.48. The van der Waals surface area contributed by atoms with Crippen molar-refractivity contribution in [1.29, 1.82) is 0 Å². The molecule has 7 rings (SSSR count). The largest absolute Gasteiger partial charge is 0.507 e. The Kier molecular flexibility index (Phi) is 7.76. The van der Waals surface area contributed by atoms with Crippen LogP contribution in [-0.4, -0.2) is 34.1 Å². The lowest BCUT2D eigenvalue weighted by atomic mass is 9.94. The van der Waals surface area contributed by atoms with E-state index in [9.17, 15) is 5.11 Å². The molecule has 0 fully saturated rings. The quantitative estimate of drug-likeness (QED) is 0.0985. The van der Waals surface area contributed by atoms with E-state index < -0.39 is 28.9 Å². The minimum Gasteiger partial charge on any atom is -0.507 e. The number of halogens is 6. The monoisotopic (exact) mass is 711 g/mol. The summed E-state index contributed by atoms with van der Waals surface area (Å²) >= 11 is 3.44. The molecule has 6 aromatic rings. The normalized spacial score (nSPS) is 16.8.